The number of aromatic nitrogens is 1. The SMILES string of the molecule is CCCc1cc(C(=O)N2CCC(CO)C2)cc(NCC)n1. The van der Waals surface area contributed by atoms with Crippen LogP contribution in [0.4, 0.5) is 5.82 Å². The number of likely N-dealkylation sites (tertiary alicyclic amines) is 1. The molecule has 116 valence electrons. The summed E-state index contributed by atoms with van der Waals surface area (Å²) in [5, 5.41) is 12.4. The lowest BCUT2D eigenvalue weighted by atomic mass is 10.1. The third kappa shape index (κ3) is 3.94. The Morgan fingerprint density at radius 2 is 2.29 bits per heavy atom. The van der Waals surface area contributed by atoms with Gasteiger partial charge in [0, 0.05) is 43.4 Å². The highest BCUT2D eigenvalue weighted by Gasteiger charge is 2.26. The van der Waals surface area contributed by atoms with E-state index >= 15 is 0 Å². The highest BCUT2D eigenvalue weighted by molar-refractivity contribution is 5.95. The number of hydrogen-bond donors (Lipinski definition) is 2. The van der Waals surface area contributed by atoms with Crippen LogP contribution < -0.4 is 5.32 Å². The van der Waals surface area contributed by atoms with Crippen LogP contribution in [0.15, 0.2) is 12.1 Å². The minimum Gasteiger partial charge on any atom is -0.396 e. The van der Waals surface area contributed by atoms with Gasteiger partial charge < -0.3 is 15.3 Å². The molecule has 1 aromatic heterocycles. The number of aliphatic hydroxyl groups excluding tert-OH is 1. The van der Waals surface area contributed by atoms with E-state index in [0.717, 1.165) is 43.9 Å². The zero-order chi connectivity index (χ0) is 15.2. The molecule has 1 atom stereocenters. The molecule has 5 nitrogen and oxygen atoms in total. The predicted octanol–water partition coefficient (Wildman–Crippen LogP) is 1.92. The molecule has 1 aromatic rings. The molecule has 1 unspecified atom stereocenters. The Morgan fingerprint density at radius 1 is 1.48 bits per heavy atom. The van der Waals surface area contributed by atoms with E-state index in [9.17, 15) is 9.90 Å². The molecular formula is C16H25N3O2. The zero-order valence-corrected chi connectivity index (χ0v) is 12.9. The van der Waals surface area contributed by atoms with Crippen molar-refractivity contribution >= 4 is 11.7 Å². The van der Waals surface area contributed by atoms with Gasteiger partial charge in [0.15, 0.2) is 0 Å². The fourth-order valence-electron chi connectivity index (χ4n) is 2.72. The van der Waals surface area contributed by atoms with Crippen molar-refractivity contribution < 1.29 is 9.90 Å². The largest absolute Gasteiger partial charge is 0.396 e. The predicted molar refractivity (Wildman–Crippen MR) is 83.5 cm³/mol. The van der Waals surface area contributed by atoms with Crippen molar-refractivity contribution in [2.45, 2.75) is 33.1 Å². The lowest BCUT2D eigenvalue weighted by Gasteiger charge is -2.17. The molecule has 1 amide bonds. The minimum absolute atomic E-state index is 0.0462. The zero-order valence-electron chi connectivity index (χ0n) is 12.9. The standard InChI is InChI=1S/C16H25N3O2/c1-3-5-14-8-13(9-15(18-14)17-4-2)16(21)19-7-6-12(10-19)11-20/h8-9,12,20H,3-7,10-11H2,1-2H3,(H,17,18). The van der Waals surface area contributed by atoms with E-state index in [4.69, 9.17) is 0 Å². The Morgan fingerprint density at radius 3 is 2.90 bits per heavy atom. The highest BCUT2D eigenvalue weighted by Crippen LogP contribution is 2.20. The van der Waals surface area contributed by atoms with E-state index < -0.39 is 0 Å². The van der Waals surface area contributed by atoms with Gasteiger partial charge in [-0.15, -0.1) is 0 Å². The number of carbonyl (C=O) groups is 1. The van der Waals surface area contributed by atoms with Gasteiger partial charge in [0.05, 0.1) is 0 Å². The number of carbonyl (C=O) groups excluding carboxylic acids is 1. The van der Waals surface area contributed by atoms with Crippen LogP contribution in [-0.2, 0) is 6.42 Å². The topological polar surface area (TPSA) is 65.5 Å². The van der Waals surface area contributed by atoms with E-state index in [1.165, 1.54) is 0 Å². The van der Waals surface area contributed by atoms with Gasteiger partial charge in [0.25, 0.3) is 5.91 Å². The summed E-state index contributed by atoms with van der Waals surface area (Å²) in [5.74, 6) is 1.04. The van der Waals surface area contributed by atoms with Crippen LogP contribution in [0.1, 0.15) is 42.7 Å². The minimum atomic E-state index is 0.0462. The van der Waals surface area contributed by atoms with E-state index in [-0.39, 0.29) is 18.4 Å². The van der Waals surface area contributed by atoms with Gasteiger partial charge in [-0.3, -0.25) is 4.79 Å². The third-order valence-corrected chi connectivity index (χ3v) is 3.82. The smallest absolute Gasteiger partial charge is 0.254 e. The summed E-state index contributed by atoms with van der Waals surface area (Å²) < 4.78 is 0. The molecule has 0 bridgehead atoms. The summed E-state index contributed by atoms with van der Waals surface area (Å²) in [4.78, 5) is 19.0. The number of amides is 1. The first-order valence-corrected chi connectivity index (χ1v) is 7.82. The van der Waals surface area contributed by atoms with Crippen molar-refractivity contribution in [3.63, 3.8) is 0 Å². The lowest BCUT2D eigenvalue weighted by molar-refractivity contribution is 0.0781. The van der Waals surface area contributed by atoms with Gasteiger partial charge in [-0.1, -0.05) is 13.3 Å². The van der Waals surface area contributed by atoms with Crippen LogP contribution in [0.5, 0.6) is 0 Å². The molecule has 21 heavy (non-hydrogen) atoms. The Balaban J connectivity index is 2.19. The first-order chi connectivity index (χ1) is 10.2. The Kier molecular flexibility index (Phi) is 5.56. The van der Waals surface area contributed by atoms with E-state index in [1.807, 2.05) is 24.0 Å². The summed E-state index contributed by atoms with van der Waals surface area (Å²) in [6.45, 7) is 6.44. The van der Waals surface area contributed by atoms with Gasteiger partial charge in [0.1, 0.15) is 5.82 Å². The van der Waals surface area contributed by atoms with Crippen LogP contribution in [0.3, 0.4) is 0 Å². The van der Waals surface area contributed by atoms with Gasteiger partial charge in [-0.2, -0.15) is 0 Å². The monoisotopic (exact) mass is 291 g/mol. The molecule has 1 aliphatic rings. The fourth-order valence-corrected chi connectivity index (χ4v) is 2.72. The number of anilines is 1. The average molecular weight is 291 g/mol. The molecule has 2 rings (SSSR count). The van der Waals surface area contributed by atoms with Crippen molar-refractivity contribution in [1.82, 2.24) is 9.88 Å². The lowest BCUT2D eigenvalue weighted by Crippen LogP contribution is -2.29. The van der Waals surface area contributed by atoms with Gasteiger partial charge in [-0.25, -0.2) is 4.98 Å². The number of pyridine rings is 1. The molecule has 2 N–H and O–H groups in total. The fraction of sp³-hybridized carbons (Fsp3) is 0.625. The molecule has 2 heterocycles. The average Bonchev–Trinajstić information content (AvgIpc) is 2.96. The molecular weight excluding hydrogens is 266 g/mol. The first kappa shape index (κ1) is 15.8. The van der Waals surface area contributed by atoms with Crippen LogP contribution in [0.25, 0.3) is 0 Å². The Bertz CT molecular complexity index is 466. The maximum Gasteiger partial charge on any atom is 0.254 e. The van der Waals surface area contributed by atoms with E-state index in [2.05, 4.69) is 17.2 Å². The molecule has 0 spiro atoms. The van der Waals surface area contributed by atoms with Crippen molar-refractivity contribution in [3.05, 3.63) is 23.4 Å². The molecule has 0 aromatic carbocycles. The second-order valence-corrected chi connectivity index (χ2v) is 5.60. The van der Waals surface area contributed by atoms with Crippen LogP contribution in [-0.4, -0.2) is 47.1 Å². The van der Waals surface area contributed by atoms with Crippen molar-refractivity contribution in [2.75, 3.05) is 31.6 Å². The molecule has 1 saturated heterocycles. The normalized spacial score (nSPS) is 18.0. The van der Waals surface area contributed by atoms with Crippen molar-refractivity contribution in [2.24, 2.45) is 5.92 Å². The maximum absolute atomic E-state index is 12.6. The second-order valence-electron chi connectivity index (χ2n) is 5.60. The van der Waals surface area contributed by atoms with Gasteiger partial charge in [0.2, 0.25) is 0 Å². The number of hydrogen-bond acceptors (Lipinski definition) is 4. The molecule has 0 aliphatic carbocycles. The van der Waals surface area contributed by atoms with Crippen LogP contribution in [0, 0.1) is 5.92 Å². The maximum atomic E-state index is 12.6. The van der Waals surface area contributed by atoms with E-state index in [1.54, 1.807) is 0 Å². The van der Waals surface area contributed by atoms with Gasteiger partial charge >= 0.3 is 0 Å². The van der Waals surface area contributed by atoms with E-state index in [0.29, 0.717) is 12.1 Å². The first-order valence-electron chi connectivity index (χ1n) is 7.82. The molecule has 1 fully saturated rings. The summed E-state index contributed by atoms with van der Waals surface area (Å²) >= 11 is 0. The van der Waals surface area contributed by atoms with Crippen molar-refractivity contribution in [1.29, 1.82) is 0 Å². The molecule has 1 aliphatic heterocycles. The molecule has 0 saturated carbocycles. The summed E-state index contributed by atoms with van der Waals surface area (Å²) in [5.41, 5.74) is 1.65. The quantitative estimate of drug-likeness (QED) is 0.840. The Labute approximate surface area is 126 Å². The van der Waals surface area contributed by atoms with Crippen molar-refractivity contribution in [3.8, 4) is 0 Å². The second kappa shape index (κ2) is 7.41. The summed E-state index contributed by atoms with van der Waals surface area (Å²) in [7, 11) is 0. The highest BCUT2D eigenvalue weighted by atomic mass is 16.3. The van der Waals surface area contributed by atoms with Crippen LogP contribution in [0.2, 0.25) is 0 Å². The Hall–Kier alpha value is -1.62. The summed E-state index contributed by atoms with van der Waals surface area (Å²) in [6, 6.07) is 3.73. The third-order valence-electron chi connectivity index (χ3n) is 3.82. The number of nitrogens with zero attached hydrogens (tertiary/aromatic N) is 2. The number of rotatable bonds is 6. The molecule has 0 radical (unpaired) electrons. The van der Waals surface area contributed by atoms with Gasteiger partial charge in [-0.05, 0) is 31.9 Å². The van der Waals surface area contributed by atoms with Crippen LogP contribution >= 0.6 is 0 Å². The number of nitrogens with one attached hydrogen (secondary N) is 1. The molecule has 5 heteroatoms. The summed E-state index contributed by atoms with van der Waals surface area (Å²) in [6.07, 6.45) is 2.76. The number of aryl methyl sites for hydroxylation is 1. The number of aliphatic hydroxyl groups is 1.